The van der Waals surface area contributed by atoms with Crippen LogP contribution < -0.4 is 5.73 Å². The Morgan fingerprint density at radius 3 is 3.19 bits per heavy atom. The van der Waals surface area contributed by atoms with Gasteiger partial charge < -0.3 is 15.7 Å². The summed E-state index contributed by atoms with van der Waals surface area (Å²) in [6.45, 7) is 0.742. The smallest absolute Gasteiger partial charge is 0.245 e. The molecule has 3 N–H and O–H groups in total. The zero-order valence-corrected chi connectivity index (χ0v) is 9.82. The maximum atomic E-state index is 12.1. The van der Waals surface area contributed by atoms with Crippen molar-refractivity contribution in [3.63, 3.8) is 0 Å². The quantitative estimate of drug-likeness (QED) is 0.818. The molecule has 1 amide bonds. The molecule has 16 heavy (non-hydrogen) atoms. The number of carbonyl (C=O) groups is 1. The summed E-state index contributed by atoms with van der Waals surface area (Å²) in [7, 11) is 0. The Kier molecular flexibility index (Phi) is 3.58. The van der Waals surface area contributed by atoms with E-state index in [-0.39, 0.29) is 18.6 Å². The lowest BCUT2D eigenvalue weighted by Crippen LogP contribution is -2.42. The summed E-state index contributed by atoms with van der Waals surface area (Å²) >= 11 is 1.49. The van der Waals surface area contributed by atoms with E-state index in [9.17, 15) is 4.79 Å². The largest absolute Gasteiger partial charge is 0.394 e. The maximum Gasteiger partial charge on any atom is 0.245 e. The van der Waals surface area contributed by atoms with Crippen molar-refractivity contribution in [1.29, 1.82) is 0 Å². The molecule has 0 aromatic carbocycles. The fraction of sp³-hybridized carbons (Fsp3) is 0.545. The molecule has 1 saturated heterocycles. The van der Waals surface area contributed by atoms with Crippen LogP contribution in [-0.4, -0.2) is 35.1 Å². The van der Waals surface area contributed by atoms with E-state index in [0.717, 1.165) is 17.7 Å². The van der Waals surface area contributed by atoms with E-state index in [1.165, 1.54) is 11.3 Å². The number of hydrogen-bond donors (Lipinski definition) is 2. The highest BCUT2D eigenvalue weighted by Gasteiger charge is 2.31. The number of aliphatic hydroxyl groups excluding tert-OH is 1. The number of nitrogens with two attached hydrogens (primary N) is 1. The van der Waals surface area contributed by atoms with E-state index in [1.54, 1.807) is 4.90 Å². The highest BCUT2D eigenvalue weighted by Crippen LogP contribution is 2.24. The Bertz CT molecular complexity index is 353. The fourth-order valence-corrected chi connectivity index (χ4v) is 2.80. The summed E-state index contributed by atoms with van der Waals surface area (Å²) in [6, 6.07) is 3.14. The summed E-state index contributed by atoms with van der Waals surface area (Å²) < 4.78 is 0. The van der Waals surface area contributed by atoms with Crippen LogP contribution in [0.3, 0.4) is 0 Å². The fourth-order valence-electron chi connectivity index (χ4n) is 2.08. The summed E-state index contributed by atoms with van der Waals surface area (Å²) in [5.41, 5.74) is 5.92. The number of aliphatic hydroxyl groups is 1. The predicted molar refractivity (Wildman–Crippen MR) is 63.1 cm³/mol. The number of rotatable bonds is 3. The van der Waals surface area contributed by atoms with Gasteiger partial charge in [0.25, 0.3) is 0 Å². The second-order valence-corrected chi connectivity index (χ2v) is 4.98. The van der Waals surface area contributed by atoms with Crippen molar-refractivity contribution in [3.05, 3.63) is 22.4 Å². The first kappa shape index (κ1) is 11.6. The Balaban J connectivity index is 2.07. The molecule has 0 radical (unpaired) electrons. The van der Waals surface area contributed by atoms with Crippen LogP contribution in [0.2, 0.25) is 0 Å². The minimum atomic E-state index is -0.577. The zero-order chi connectivity index (χ0) is 11.5. The average molecular weight is 240 g/mol. The zero-order valence-electron chi connectivity index (χ0n) is 9.00. The Labute approximate surface area is 98.7 Å². The average Bonchev–Trinajstić information content (AvgIpc) is 2.97. The van der Waals surface area contributed by atoms with Crippen molar-refractivity contribution >= 4 is 17.2 Å². The van der Waals surface area contributed by atoms with E-state index < -0.39 is 6.04 Å². The lowest BCUT2D eigenvalue weighted by Gasteiger charge is -2.25. The van der Waals surface area contributed by atoms with Crippen molar-refractivity contribution < 1.29 is 9.90 Å². The first-order chi connectivity index (χ1) is 7.74. The van der Waals surface area contributed by atoms with Crippen LogP contribution in [0, 0.1) is 0 Å². The molecule has 0 bridgehead atoms. The number of nitrogens with zero attached hydrogens (tertiary/aromatic N) is 1. The molecule has 88 valence electrons. The third kappa shape index (κ3) is 2.11. The highest BCUT2D eigenvalue weighted by atomic mass is 32.1. The van der Waals surface area contributed by atoms with Gasteiger partial charge in [-0.2, -0.15) is 0 Å². The molecule has 2 atom stereocenters. The molecule has 0 saturated carbocycles. The second kappa shape index (κ2) is 4.95. The molecular weight excluding hydrogens is 224 g/mol. The monoisotopic (exact) mass is 240 g/mol. The van der Waals surface area contributed by atoms with Gasteiger partial charge in [-0.05, 0) is 24.3 Å². The van der Waals surface area contributed by atoms with E-state index in [0.29, 0.717) is 6.54 Å². The molecule has 1 aromatic rings. The third-order valence-electron chi connectivity index (χ3n) is 2.99. The van der Waals surface area contributed by atoms with Crippen molar-refractivity contribution in [2.45, 2.75) is 24.9 Å². The van der Waals surface area contributed by atoms with Crippen molar-refractivity contribution in [1.82, 2.24) is 4.90 Å². The molecule has 0 aliphatic carbocycles. The van der Waals surface area contributed by atoms with E-state index in [2.05, 4.69) is 0 Å². The molecule has 2 rings (SSSR count). The molecule has 0 spiro atoms. The number of likely N-dealkylation sites (tertiary alicyclic amines) is 1. The van der Waals surface area contributed by atoms with Crippen LogP contribution in [0.25, 0.3) is 0 Å². The normalized spacial score (nSPS) is 22.4. The van der Waals surface area contributed by atoms with Crippen molar-refractivity contribution in [2.24, 2.45) is 5.73 Å². The van der Waals surface area contributed by atoms with Crippen molar-refractivity contribution in [3.8, 4) is 0 Å². The maximum absolute atomic E-state index is 12.1. The van der Waals surface area contributed by atoms with Gasteiger partial charge in [0.15, 0.2) is 0 Å². The van der Waals surface area contributed by atoms with Crippen LogP contribution in [0.4, 0.5) is 0 Å². The van der Waals surface area contributed by atoms with E-state index >= 15 is 0 Å². The van der Waals surface area contributed by atoms with Gasteiger partial charge in [-0.25, -0.2) is 0 Å². The third-order valence-corrected chi connectivity index (χ3v) is 3.94. The van der Waals surface area contributed by atoms with Gasteiger partial charge in [0.05, 0.1) is 12.6 Å². The summed E-state index contributed by atoms with van der Waals surface area (Å²) in [4.78, 5) is 14.7. The topological polar surface area (TPSA) is 66.6 Å². The molecule has 4 nitrogen and oxygen atoms in total. The Morgan fingerprint density at radius 2 is 2.56 bits per heavy atom. The van der Waals surface area contributed by atoms with Gasteiger partial charge in [-0.1, -0.05) is 6.07 Å². The SMILES string of the molecule is NC(C(=O)N1CCC[C@H]1CO)c1cccs1. The molecule has 1 aromatic heterocycles. The number of thiophene rings is 1. The predicted octanol–water partition coefficient (Wildman–Crippen LogP) is 0.731. The number of carbonyl (C=O) groups excluding carboxylic acids is 1. The number of amides is 1. The van der Waals surface area contributed by atoms with Gasteiger partial charge >= 0.3 is 0 Å². The van der Waals surface area contributed by atoms with Gasteiger partial charge in [0, 0.05) is 11.4 Å². The molecule has 1 unspecified atom stereocenters. The standard InChI is InChI=1S/C11H16N2O2S/c12-10(9-4-2-6-16-9)11(15)13-5-1-3-8(13)7-14/h2,4,6,8,10,14H,1,3,5,7,12H2/t8-,10?/m0/s1. The Morgan fingerprint density at radius 1 is 1.75 bits per heavy atom. The first-order valence-electron chi connectivity index (χ1n) is 5.44. The highest BCUT2D eigenvalue weighted by molar-refractivity contribution is 7.10. The van der Waals surface area contributed by atoms with Crippen LogP contribution in [0.15, 0.2) is 17.5 Å². The van der Waals surface area contributed by atoms with Crippen LogP contribution in [-0.2, 0) is 4.79 Å². The lowest BCUT2D eigenvalue weighted by atomic mass is 10.2. The van der Waals surface area contributed by atoms with E-state index in [4.69, 9.17) is 10.8 Å². The molecule has 1 aliphatic heterocycles. The van der Waals surface area contributed by atoms with Crippen LogP contribution in [0.1, 0.15) is 23.8 Å². The molecule has 1 fully saturated rings. The van der Waals surface area contributed by atoms with Crippen LogP contribution in [0.5, 0.6) is 0 Å². The van der Waals surface area contributed by atoms with E-state index in [1.807, 2.05) is 17.5 Å². The molecular formula is C11H16N2O2S. The first-order valence-corrected chi connectivity index (χ1v) is 6.32. The minimum absolute atomic E-state index is 0.0307. The van der Waals surface area contributed by atoms with Crippen molar-refractivity contribution in [2.75, 3.05) is 13.2 Å². The summed E-state index contributed by atoms with van der Waals surface area (Å²) in [5.74, 6) is -0.0704. The summed E-state index contributed by atoms with van der Waals surface area (Å²) in [5, 5.41) is 11.1. The molecule has 2 heterocycles. The minimum Gasteiger partial charge on any atom is -0.394 e. The van der Waals surface area contributed by atoms with Crippen LogP contribution >= 0.6 is 11.3 Å². The number of hydrogen-bond acceptors (Lipinski definition) is 4. The Hall–Kier alpha value is -0.910. The van der Waals surface area contributed by atoms with Gasteiger partial charge in [-0.3, -0.25) is 4.79 Å². The van der Waals surface area contributed by atoms with Gasteiger partial charge in [-0.15, -0.1) is 11.3 Å². The lowest BCUT2D eigenvalue weighted by molar-refractivity contribution is -0.134. The van der Waals surface area contributed by atoms with Gasteiger partial charge in [0.2, 0.25) is 5.91 Å². The second-order valence-electron chi connectivity index (χ2n) is 4.00. The molecule has 1 aliphatic rings. The van der Waals surface area contributed by atoms with Gasteiger partial charge in [0.1, 0.15) is 6.04 Å². The molecule has 5 heteroatoms. The summed E-state index contributed by atoms with van der Waals surface area (Å²) in [6.07, 6.45) is 1.83.